The lowest BCUT2D eigenvalue weighted by Gasteiger charge is -2.26. The van der Waals surface area contributed by atoms with Crippen LogP contribution >= 0.6 is 0 Å². The molecule has 1 atom stereocenters. The molecule has 2 aliphatic heterocycles. The van der Waals surface area contributed by atoms with Crippen LogP contribution in [0.2, 0.25) is 0 Å². The summed E-state index contributed by atoms with van der Waals surface area (Å²) in [5.74, 6) is 0. The van der Waals surface area contributed by atoms with Crippen molar-refractivity contribution in [3.05, 3.63) is 29.8 Å². The maximum absolute atomic E-state index is 5.39. The summed E-state index contributed by atoms with van der Waals surface area (Å²) in [6, 6.07) is 9.53. The number of hydrogen-bond donors (Lipinski definition) is 2. The van der Waals surface area contributed by atoms with Crippen molar-refractivity contribution in [3.63, 3.8) is 0 Å². The molecule has 4 heteroatoms. The number of anilines is 1. The minimum atomic E-state index is 0.631. The van der Waals surface area contributed by atoms with E-state index >= 15 is 0 Å². The van der Waals surface area contributed by atoms with E-state index in [0.29, 0.717) is 6.04 Å². The second-order valence-electron chi connectivity index (χ2n) is 6.11. The van der Waals surface area contributed by atoms with Crippen LogP contribution in [0, 0.1) is 0 Å². The lowest BCUT2D eigenvalue weighted by Crippen LogP contribution is -2.39. The van der Waals surface area contributed by atoms with Gasteiger partial charge in [0.05, 0.1) is 13.2 Å². The second kappa shape index (κ2) is 7.78. The first-order valence-electron chi connectivity index (χ1n) is 8.26. The van der Waals surface area contributed by atoms with Gasteiger partial charge in [-0.05, 0) is 37.1 Å². The van der Waals surface area contributed by atoms with Gasteiger partial charge in [0.15, 0.2) is 0 Å². The number of hydrogen-bond acceptors (Lipinski definition) is 4. The van der Waals surface area contributed by atoms with E-state index < -0.39 is 0 Å². The lowest BCUT2D eigenvalue weighted by atomic mass is 10.1. The van der Waals surface area contributed by atoms with Crippen molar-refractivity contribution >= 4 is 5.69 Å². The third-order valence-corrected chi connectivity index (χ3v) is 4.43. The first-order valence-corrected chi connectivity index (χ1v) is 8.26. The summed E-state index contributed by atoms with van der Waals surface area (Å²) in [7, 11) is 0. The fourth-order valence-electron chi connectivity index (χ4n) is 3.08. The molecule has 0 amide bonds. The van der Waals surface area contributed by atoms with Crippen LogP contribution in [0.4, 0.5) is 5.69 Å². The van der Waals surface area contributed by atoms with Gasteiger partial charge in [-0.2, -0.15) is 0 Å². The Hall–Kier alpha value is -1.10. The molecule has 4 nitrogen and oxygen atoms in total. The number of morpholine rings is 1. The van der Waals surface area contributed by atoms with Gasteiger partial charge in [0.25, 0.3) is 0 Å². The van der Waals surface area contributed by atoms with E-state index in [1.807, 2.05) is 0 Å². The van der Waals surface area contributed by atoms with Crippen LogP contribution in [0.25, 0.3) is 0 Å². The molecule has 21 heavy (non-hydrogen) atoms. The Morgan fingerprint density at radius 1 is 1.14 bits per heavy atom. The van der Waals surface area contributed by atoms with Gasteiger partial charge in [0.2, 0.25) is 0 Å². The summed E-state index contributed by atoms with van der Waals surface area (Å²) < 4.78 is 5.39. The van der Waals surface area contributed by atoms with E-state index in [1.54, 1.807) is 0 Å². The largest absolute Gasteiger partial charge is 0.383 e. The van der Waals surface area contributed by atoms with E-state index in [9.17, 15) is 0 Å². The van der Waals surface area contributed by atoms with Gasteiger partial charge in [-0.1, -0.05) is 18.6 Å². The molecule has 1 unspecified atom stereocenters. The molecule has 0 aliphatic carbocycles. The molecule has 1 aromatic carbocycles. The van der Waals surface area contributed by atoms with Crippen LogP contribution in [0.5, 0.6) is 0 Å². The summed E-state index contributed by atoms with van der Waals surface area (Å²) in [6.07, 6.45) is 3.98. The van der Waals surface area contributed by atoms with Crippen molar-refractivity contribution in [2.45, 2.75) is 31.8 Å². The minimum absolute atomic E-state index is 0.631. The van der Waals surface area contributed by atoms with Crippen molar-refractivity contribution in [2.75, 3.05) is 44.7 Å². The Kier molecular flexibility index (Phi) is 5.49. The molecule has 0 bridgehead atoms. The van der Waals surface area contributed by atoms with E-state index in [0.717, 1.165) is 39.4 Å². The minimum Gasteiger partial charge on any atom is -0.383 e. The molecule has 2 saturated heterocycles. The molecular formula is C17H27N3O. The predicted molar refractivity (Wildman–Crippen MR) is 86.7 cm³/mol. The summed E-state index contributed by atoms with van der Waals surface area (Å²) in [4.78, 5) is 2.46. The second-order valence-corrected chi connectivity index (χ2v) is 6.11. The monoisotopic (exact) mass is 289 g/mol. The first kappa shape index (κ1) is 14.8. The van der Waals surface area contributed by atoms with Gasteiger partial charge in [-0.25, -0.2) is 0 Å². The van der Waals surface area contributed by atoms with Crippen molar-refractivity contribution in [3.8, 4) is 0 Å². The average Bonchev–Trinajstić information content (AvgIpc) is 2.56. The van der Waals surface area contributed by atoms with E-state index in [-0.39, 0.29) is 0 Å². The predicted octanol–water partition coefficient (Wildman–Crippen LogP) is 2.07. The van der Waals surface area contributed by atoms with Crippen LogP contribution in [0.15, 0.2) is 24.3 Å². The Morgan fingerprint density at radius 3 is 2.67 bits per heavy atom. The first-order chi connectivity index (χ1) is 10.4. The highest BCUT2D eigenvalue weighted by Crippen LogP contribution is 2.14. The normalized spacial score (nSPS) is 23.9. The van der Waals surface area contributed by atoms with Crippen LogP contribution in [-0.4, -0.2) is 50.3 Å². The Balaban J connectivity index is 1.44. The maximum Gasteiger partial charge on any atom is 0.0594 e. The lowest BCUT2D eigenvalue weighted by molar-refractivity contribution is 0.0342. The molecule has 2 N–H and O–H groups in total. The summed E-state index contributed by atoms with van der Waals surface area (Å²) in [5.41, 5.74) is 2.62. The highest BCUT2D eigenvalue weighted by atomic mass is 16.5. The summed E-state index contributed by atoms with van der Waals surface area (Å²) in [5, 5.41) is 7.12. The fraction of sp³-hybridized carbons (Fsp3) is 0.647. The quantitative estimate of drug-likeness (QED) is 0.870. The topological polar surface area (TPSA) is 36.5 Å². The average molecular weight is 289 g/mol. The van der Waals surface area contributed by atoms with Gasteiger partial charge >= 0.3 is 0 Å². The molecule has 2 heterocycles. The zero-order valence-corrected chi connectivity index (χ0v) is 12.8. The maximum atomic E-state index is 5.39. The van der Waals surface area contributed by atoms with E-state index in [4.69, 9.17) is 4.74 Å². The third-order valence-electron chi connectivity index (χ3n) is 4.43. The van der Waals surface area contributed by atoms with Crippen molar-refractivity contribution in [1.29, 1.82) is 0 Å². The van der Waals surface area contributed by atoms with Crippen molar-refractivity contribution in [1.82, 2.24) is 10.2 Å². The number of piperidine rings is 1. The molecule has 116 valence electrons. The fourth-order valence-corrected chi connectivity index (χ4v) is 3.08. The zero-order valence-electron chi connectivity index (χ0n) is 12.8. The standard InChI is InChI=1S/C17H27N3O/c1-2-8-18-17(3-1)13-19-16-6-4-15(5-7-16)14-20-9-11-21-12-10-20/h4-7,17-19H,1-3,8-14H2. The van der Waals surface area contributed by atoms with Gasteiger partial charge in [-0.15, -0.1) is 0 Å². The molecule has 0 spiro atoms. The molecule has 0 aromatic heterocycles. The third kappa shape index (κ3) is 4.70. The zero-order chi connectivity index (χ0) is 14.3. The SMILES string of the molecule is c1cc(NCC2CCCCN2)ccc1CN1CCOCC1. The Morgan fingerprint density at radius 2 is 1.95 bits per heavy atom. The molecular weight excluding hydrogens is 262 g/mol. The van der Waals surface area contributed by atoms with Gasteiger partial charge in [0.1, 0.15) is 0 Å². The Labute approximate surface area is 127 Å². The van der Waals surface area contributed by atoms with Crippen LogP contribution in [0.1, 0.15) is 24.8 Å². The van der Waals surface area contributed by atoms with Crippen LogP contribution < -0.4 is 10.6 Å². The number of benzene rings is 1. The van der Waals surface area contributed by atoms with Gasteiger partial charge in [-0.3, -0.25) is 4.90 Å². The molecule has 1 aromatic rings. The van der Waals surface area contributed by atoms with Gasteiger partial charge in [0, 0.05) is 37.9 Å². The Bertz CT molecular complexity index is 409. The van der Waals surface area contributed by atoms with E-state index in [1.165, 1.54) is 37.1 Å². The highest BCUT2D eigenvalue weighted by Gasteiger charge is 2.12. The smallest absolute Gasteiger partial charge is 0.0594 e. The van der Waals surface area contributed by atoms with Gasteiger partial charge < -0.3 is 15.4 Å². The summed E-state index contributed by atoms with van der Waals surface area (Å²) >= 11 is 0. The molecule has 0 radical (unpaired) electrons. The molecule has 0 saturated carbocycles. The van der Waals surface area contributed by atoms with Crippen LogP contribution in [-0.2, 0) is 11.3 Å². The number of nitrogens with zero attached hydrogens (tertiary/aromatic N) is 1. The number of nitrogens with one attached hydrogen (secondary N) is 2. The molecule has 2 aliphatic rings. The molecule has 2 fully saturated rings. The highest BCUT2D eigenvalue weighted by molar-refractivity contribution is 5.44. The number of rotatable bonds is 5. The van der Waals surface area contributed by atoms with Crippen LogP contribution in [0.3, 0.4) is 0 Å². The van der Waals surface area contributed by atoms with Crippen molar-refractivity contribution < 1.29 is 4.74 Å². The summed E-state index contributed by atoms with van der Waals surface area (Å²) in [6.45, 7) is 7.07. The van der Waals surface area contributed by atoms with E-state index in [2.05, 4.69) is 39.8 Å². The number of ether oxygens (including phenoxy) is 1. The molecule has 3 rings (SSSR count). The van der Waals surface area contributed by atoms with Crippen molar-refractivity contribution in [2.24, 2.45) is 0 Å².